The second-order valence-corrected chi connectivity index (χ2v) is 6.27. The number of thiophene rings is 1. The molecule has 0 atom stereocenters. The van der Waals surface area contributed by atoms with Crippen LogP contribution in [0.15, 0.2) is 22.8 Å². The zero-order valence-corrected chi connectivity index (χ0v) is 14.4. The Labute approximate surface area is 135 Å². The van der Waals surface area contributed by atoms with Crippen molar-refractivity contribution in [3.8, 4) is 0 Å². The normalized spacial score (nSPS) is 10.5. The molecular weight excluding hydrogens is 294 g/mol. The molecule has 0 aliphatic heterocycles. The molecule has 0 saturated carbocycles. The van der Waals surface area contributed by atoms with Gasteiger partial charge in [0.05, 0.1) is 5.00 Å². The van der Waals surface area contributed by atoms with E-state index < -0.39 is 0 Å². The SMILES string of the molecule is C=C(NCc1c(C)[nH]c(C)cc1=O)c1csc(NCC)c1C. The zero-order valence-electron chi connectivity index (χ0n) is 13.6. The highest BCUT2D eigenvalue weighted by atomic mass is 32.1. The van der Waals surface area contributed by atoms with Crippen LogP contribution < -0.4 is 16.1 Å². The smallest absolute Gasteiger partial charge is 0.187 e. The van der Waals surface area contributed by atoms with Gasteiger partial charge in [-0.05, 0) is 33.3 Å². The molecule has 0 fully saturated rings. The lowest BCUT2D eigenvalue weighted by molar-refractivity contribution is 0.857. The molecule has 0 saturated heterocycles. The van der Waals surface area contributed by atoms with Crippen molar-refractivity contribution in [3.05, 3.63) is 56.3 Å². The van der Waals surface area contributed by atoms with Gasteiger partial charge in [-0.15, -0.1) is 11.3 Å². The molecule has 0 unspecified atom stereocenters. The third-order valence-electron chi connectivity index (χ3n) is 3.66. The summed E-state index contributed by atoms with van der Waals surface area (Å²) >= 11 is 1.68. The number of H-pyrrole nitrogens is 1. The number of aromatic nitrogens is 1. The molecule has 4 nitrogen and oxygen atoms in total. The third-order valence-corrected chi connectivity index (χ3v) is 4.70. The molecule has 0 aliphatic rings. The first kappa shape index (κ1) is 16.4. The highest BCUT2D eigenvalue weighted by Crippen LogP contribution is 2.30. The van der Waals surface area contributed by atoms with Crippen LogP contribution in [0.4, 0.5) is 5.00 Å². The number of aryl methyl sites for hydroxylation is 2. The summed E-state index contributed by atoms with van der Waals surface area (Å²) in [6.45, 7) is 13.5. The number of pyridine rings is 1. The Hall–Kier alpha value is -2.01. The van der Waals surface area contributed by atoms with Gasteiger partial charge >= 0.3 is 0 Å². The maximum atomic E-state index is 12.1. The Morgan fingerprint density at radius 2 is 2.09 bits per heavy atom. The summed E-state index contributed by atoms with van der Waals surface area (Å²) in [5.41, 5.74) is 5.74. The van der Waals surface area contributed by atoms with Gasteiger partial charge in [-0.3, -0.25) is 4.79 Å². The summed E-state index contributed by atoms with van der Waals surface area (Å²) in [5, 5.41) is 9.88. The first-order chi connectivity index (χ1) is 10.4. The average molecular weight is 317 g/mol. The first-order valence-corrected chi connectivity index (χ1v) is 8.26. The van der Waals surface area contributed by atoms with Gasteiger partial charge in [0.25, 0.3) is 0 Å². The highest BCUT2D eigenvalue weighted by molar-refractivity contribution is 7.14. The van der Waals surface area contributed by atoms with Crippen molar-refractivity contribution >= 4 is 22.0 Å². The summed E-state index contributed by atoms with van der Waals surface area (Å²) < 4.78 is 0. The van der Waals surface area contributed by atoms with E-state index in [1.165, 1.54) is 10.6 Å². The maximum Gasteiger partial charge on any atom is 0.187 e. The predicted molar refractivity (Wildman–Crippen MR) is 95.6 cm³/mol. The third kappa shape index (κ3) is 3.42. The van der Waals surface area contributed by atoms with E-state index in [0.717, 1.165) is 34.8 Å². The fraction of sp³-hybridized carbons (Fsp3) is 0.353. The molecule has 0 spiro atoms. The number of hydrogen-bond acceptors (Lipinski definition) is 4. The molecule has 0 amide bonds. The molecule has 118 valence electrons. The van der Waals surface area contributed by atoms with Crippen LogP contribution in [0.25, 0.3) is 5.70 Å². The van der Waals surface area contributed by atoms with Gasteiger partial charge < -0.3 is 15.6 Å². The van der Waals surface area contributed by atoms with Gasteiger partial charge in [0.15, 0.2) is 5.43 Å². The van der Waals surface area contributed by atoms with E-state index in [1.54, 1.807) is 17.4 Å². The summed E-state index contributed by atoms with van der Waals surface area (Å²) in [7, 11) is 0. The van der Waals surface area contributed by atoms with Crippen LogP contribution >= 0.6 is 11.3 Å². The van der Waals surface area contributed by atoms with E-state index in [-0.39, 0.29) is 5.43 Å². The highest BCUT2D eigenvalue weighted by Gasteiger charge is 2.11. The van der Waals surface area contributed by atoms with Gasteiger partial charge in [0, 0.05) is 52.7 Å². The number of rotatable bonds is 6. The zero-order chi connectivity index (χ0) is 16.3. The van der Waals surface area contributed by atoms with Gasteiger partial charge in [-0.25, -0.2) is 0 Å². The summed E-state index contributed by atoms with van der Waals surface area (Å²) in [6, 6.07) is 1.63. The molecule has 0 aliphatic carbocycles. The minimum Gasteiger partial charge on any atom is -0.381 e. The topological polar surface area (TPSA) is 56.9 Å². The second-order valence-electron chi connectivity index (χ2n) is 5.39. The Balaban J connectivity index is 2.12. The van der Waals surface area contributed by atoms with Gasteiger partial charge in [0.1, 0.15) is 0 Å². The van der Waals surface area contributed by atoms with Crippen LogP contribution in [0.2, 0.25) is 0 Å². The Morgan fingerprint density at radius 1 is 1.36 bits per heavy atom. The lowest BCUT2D eigenvalue weighted by atomic mass is 10.1. The molecule has 2 heterocycles. The van der Waals surface area contributed by atoms with Crippen LogP contribution in [0.3, 0.4) is 0 Å². The lowest BCUT2D eigenvalue weighted by Crippen LogP contribution is -2.20. The van der Waals surface area contributed by atoms with Crippen LogP contribution in [-0.4, -0.2) is 11.5 Å². The van der Waals surface area contributed by atoms with Gasteiger partial charge in [-0.1, -0.05) is 6.58 Å². The van der Waals surface area contributed by atoms with Crippen molar-refractivity contribution in [3.63, 3.8) is 0 Å². The first-order valence-electron chi connectivity index (χ1n) is 7.38. The number of anilines is 1. The molecule has 3 N–H and O–H groups in total. The lowest BCUT2D eigenvalue weighted by Gasteiger charge is -2.12. The maximum absolute atomic E-state index is 12.1. The van der Waals surface area contributed by atoms with E-state index in [9.17, 15) is 4.79 Å². The second kappa shape index (κ2) is 6.83. The van der Waals surface area contributed by atoms with E-state index in [0.29, 0.717) is 6.54 Å². The van der Waals surface area contributed by atoms with Crippen LogP contribution in [0.5, 0.6) is 0 Å². The Morgan fingerprint density at radius 3 is 2.73 bits per heavy atom. The summed E-state index contributed by atoms with van der Waals surface area (Å²) in [6.07, 6.45) is 0. The molecule has 22 heavy (non-hydrogen) atoms. The van der Waals surface area contributed by atoms with E-state index in [4.69, 9.17) is 0 Å². The van der Waals surface area contributed by atoms with Gasteiger partial charge in [0.2, 0.25) is 0 Å². The van der Waals surface area contributed by atoms with Crippen LogP contribution in [-0.2, 0) is 6.54 Å². The average Bonchev–Trinajstić information content (AvgIpc) is 2.79. The fourth-order valence-corrected chi connectivity index (χ4v) is 3.50. The summed E-state index contributed by atoms with van der Waals surface area (Å²) in [5.74, 6) is 0. The van der Waals surface area contributed by atoms with Crippen molar-refractivity contribution in [1.82, 2.24) is 10.3 Å². The molecule has 0 radical (unpaired) electrons. The standard InChI is InChI=1S/C17H23N3OS/c1-6-18-17-11(3)15(9-22-17)12(4)19-8-14-13(5)20-10(2)7-16(14)21/h7,9,18-19H,4,6,8H2,1-3,5H3,(H,20,21). The van der Waals surface area contributed by atoms with Crippen LogP contribution in [0, 0.1) is 20.8 Å². The number of hydrogen-bond donors (Lipinski definition) is 3. The van der Waals surface area contributed by atoms with Crippen LogP contribution in [0.1, 0.15) is 35.0 Å². The quantitative estimate of drug-likeness (QED) is 0.763. The van der Waals surface area contributed by atoms with E-state index in [1.807, 2.05) is 13.8 Å². The molecule has 0 bridgehead atoms. The van der Waals surface area contributed by atoms with Gasteiger partial charge in [-0.2, -0.15) is 0 Å². The van der Waals surface area contributed by atoms with Crippen molar-refractivity contribution < 1.29 is 0 Å². The molecule has 0 aromatic carbocycles. The minimum absolute atomic E-state index is 0.0597. The van der Waals surface area contributed by atoms with E-state index >= 15 is 0 Å². The predicted octanol–water partition coefficient (Wildman–Crippen LogP) is 3.55. The molecule has 2 aromatic heterocycles. The molecule has 2 rings (SSSR count). The fourth-order valence-electron chi connectivity index (χ4n) is 2.44. The van der Waals surface area contributed by atoms with Crippen molar-refractivity contribution in [1.29, 1.82) is 0 Å². The number of aromatic amines is 1. The Bertz CT molecular complexity index is 743. The largest absolute Gasteiger partial charge is 0.381 e. The summed E-state index contributed by atoms with van der Waals surface area (Å²) in [4.78, 5) is 15.3. The van der Waals surface area contributed by atoms with E-state index in [2.05, 4.69) is 41.4 Å². The van der Waals surface area contributed by atoms with Crippen molar-refractivity contribution in [2.24, 2.45) is 0 Å². The number of nitrogens with one attached hydrogen (secondary N) is 3. The minimum atomic E-state index is 0.0597. The molecule has 2 aromatic rings. The monoisotopic (exact) mass is 317 g/mol. The molecular formula is C17H23N3OS. The molecule has 5 heteroatoms. The van der Waals surface area contributed by atoms with Crippen molar-refractivity contribution in [2.45, 2.75) is 34.2 Å². The van der Waals surface area contributed by atoms with Crippen molar-refractivity contribution in [2.75, 3.05) is 11.9 Å². The Kier molecular flexibility index (Phi) is 5.08.